The zero-order chi connectivity index (χ0) is 9.05. The van der Waals surface area contributed by atoms with Gasteiger partial charge in [0.25, 0.3) is 0 Å². The number of nitrogens with two attached hydrogens (primary N) is 1. The van der Waals surface area contributed by atoms with Crippen LogP contribution in [0.15, 0.2) is 18.2 Å². The van der Waals surface area contributed by atoms with Crippen molar-refractivity contribution in [3.05, 3.63) is 29.3 Å². The molecule has 1 saturated heterocycles. The number of anilines is 1. The summed E-state index contributed by atoms with van der Waals surface area (Å²) in [6.45, 7) is 2.16. The second-order valence-corrected chi connectivity index (χ2v) is 4.18. The van der Waals surface area contributed by atoms with Gasteiger partial charge in [0.2, 0.25) is 0 Å². The van der Waals surface area contributed by atoms with Crippen molar-refractivity contribution < 1.29 is 4.74 Å². The molecule has 1 aromatic rings. The van der Waals surface area contributed by atoms with Crippen molar-refractivity contribution in [3.63, 3.8) is 0 Å². The number of hydrogen-bond acceptors (Lipinski definition) is 2. The molecule has 2 unspecified atom stereocenters. The summed E-state index contributed by atoms with van der Waals surface area (Å²) in [4.78, 5) is 0. The Labute approximate surface area is 77.7 Å². The summed E-state index contributed by atoms with van der Waals surface area (Å²) < 4.78 is 5.93. The summed E-state index contributed by atoms with van der Waals surface area (Å²) in [6, 6.07) is 6.13. The maximum absolute atomic E-state index is 5.94. The maximum atomic E-state index is 5.94. The van der Waals surface area contributed by atoms with Gasteiger partial charge < -0.3 is 10.5 Å². The lowest BCUT2D eigenvalue weighted by Crippen LogP contribution is -2.17. The zero-order valence-corrected chi connectivity index (χ0v) is 7.71. The van der Waals surface area contributed by atoms with Gasteiger partial charge in [-0.3, -0.25) is 0 Å². The van der Waals surface area contributed by atoms with Crippen molar-refractivity contribution in [2.75, 3.05) is 5.73 Å². The van der Waals surface area contributed by atoms with Crippen molar-refractivity contribution in [1.82, 2.24) is 0 Å². The Morgan fingerprint density at radius 3 is 3.15 bits per heavy atom. The molecule has 0 aliphatic carbocycles. The molecule has 2 bridgehead atoms. The highest BCUT2D eigenvalue weighted by Gasteiger charge is 2.47. The van der Waals surface area contributed by atoms with Gasteiger partial charge in [-0.05, 0) is 31.4 Å². The van der Waals surface area contributed by atoms with E-state index in [0.717, 1.165) is 18.5 Å². The monoisotopic (exact) mass is 175 g/mol. The second-order valence-electron chi connectivity index (χ2n) is 4.18. The molecule has 0 spiro atoms. The summed E-state index contributed by atoms with van der Waals surface area (Å²) >= 11 is 0. The van der Waals surface area contributed by atoms with Crippen LogP contribution >= 0.6 is 0 Å². The predicted octanol–water partition coefficient (Wildman–Crippen LogP) is 2.35. The summed E-state index contributed by atoms with van der Waals surface area (Å²) in [5.74, 6) is 0. The van der Waals surface area contributed by atoms with E-state index in [-0.39, 0.29) is 11.7 Å². The van der Waals surface area contributed by atoms with Crippen molar-refractivity contribution in [2.45, 2.75) is 31.5 Å². The van der Waals surface area contributed by atoms with E-state index < -0.39 is 0 Å². The van der Waals surface area contributed by atoms with Gasteiger partial charge >= 0.3 is 0 Å². The van der Waals surface area contributed by atoms with Crippen LogP contribution in [0.2, 0.25) is 0 Å². The van der Waals surface area contributed by atoms with Crippen LogP contribution in [0.25, 0.3) is 0 Å². The van der Waals surface area contributed by atoms with Gasteiger partial charge in [0.05, 0.1) is 11.7 Å². The fourth-order valence-corrected chi connectivity index (χ4v) is 2.64. The highest BCUT2D eigenvalue weighted by atomic mass is 16.5. The Hall–Kier alpha value is -1.02. The lowest BCUT2D eigenvalue weighted by molar-refractivity contribution is -0.00688. The van der Waals surface area contributed by atoms with Crippen LogP contribution in [-0.2, 0) is 10.3 Å². The van der Waals surface area contributed by atoms with Crippen molar-refractivity contribution >= 4 is 5.69 Å². The van der Waals surface area contributed by atoms with Crippen LogP contribution in [0.1, 0.15) is 37.0 Å². The first-order chi connectivity index (χ1) is 6.21. The van der Waals surface area contributed by atoms with E-state index in [4.69, 9.17) is 10.5 Å². The summed E-state index contributed by atoms with van der Waals surface area (Å²) in [6.07, 6.45) is 2.52. The largest absolute Gasteiger partial charge is 0.398 e. The minimum absolute atomic E-state index is 0.0462. The highest BCUT2D eigenvalue weighted by Crippen LogP contribution is 2.55. The Morgan fingerprint density at radius 2 is 2.38 bits per heavy atom. The van der Waals surface area contributed by atoms with Crippen LogP contribution in [0, 0.1) is 0 Å². The molecule has 2 nitrogen and oxygen atoms in total. The maximum Gasteiger partial charge on any atom is 0.0917 e. The highest BCUT2D eigenvalue weighted by molar-refractivity contribution is 5.57. The van der Waals surface area contributed by atoms with Gasteiger partial charge in [0.15, 0.2) is 0 Å². The molecule has 0 saturated carbocycles. The van der Waals surface area contributed by atoms with Crippen LogP contribution in [0.3, 0.4) is 0 Å². The molecule has 2 aliphatic rings. The topological polar surface area (TPSA) is 35.2 Å². The molecule has 0 aromatic heterocycles. The SMILES string of the molecule is CC12CCC(O1)c1c(N)cccc12. The lowest BCUT2D eigenvalue weighted by Gasteiger charge is -2.21. The van der Waals surface area contributed by atoms with E-state index in [1.807, 2.05) is 12.1 Å². The van der Waals surface area contributed by atoms with Gasteiger partial charge in [-0.1, -0.05) is 12.1 Å². The molecule has 0 radical (unpaired) electrons. The number of rotatable bonds is 0. The molecule has 13 heavy (non-hydrogen) atoms. The minimum atomic E-state index is -0.0462. The van der Waals surface area contributed by atoms with Crippen LogP contribution in [-0.4, -0.2) is 0 Å². The third kappa shape index (κ3) is 0.767. The third-order valence-electron chi connectivity index (χ3n) is 3.32. The number of fused-ring (bicyclic) bond motifs is 5. The molecule has 3 rings (SSSR count). The van der Waals surface area contributed by atoms with E-state index in [1.165, 1.54) is 11.1 Å². The van der Waals surface area contributed by atoms with E-state index in [2.05, 4.69) is 13.0 Å². The molecular formula is C11H13NO. The first kappa shape index (κ1) is 7.39. The average Bonchev–Trinajstić information content (AvgIpc) is 2.59. The van der Waals surface area contributed by atoms with Gasteiger partial charge in [0, 0.05) is 11.3 Å². The molecule has 2 atom stereocenters. The van der Waals surface area contributed by atoms with Gasteiger partial charge in [-0.15, -0.1) is 0 Å². The smallest absolute Gasteiger partial charge is 0.0917 e. The average molecular weight is 175 g/mol. The first-order valence-electron chi connectivity index (χ1n) is 4.77. The summed E-state index contributed by atoms with van der Waals surface area (Å²) in [7, 11) is 0. The zero-order valence-electron chi connectivity index (χ0n) is 7.71. The minimum Gasteiger partial charge on any atom is -0.398 e. The van der Waals surface area contributed by atoms with Crippen molar-refractivity contribution in [3.8, 4) is 0 Å². The molecule has 0 amide bonds. The van der Waals surface area contributed by atoms with E-state index in [0.29, 0.717) is 0 Å². The first-order valence-corrected chi connectivity index (χ1v) is 4.77. The van der Waals surface area contributed by atoms with Crippen LogP contribution in [0.5, 0.6) is 0 Å². The summed E-state index contributed by atoms with van der Waals surface area (Å²) in [5.41, 5.74) is 9.34. The standard InChI is InChI=1S/C11H13NO/c1-11-6-5-9(13-11)10-7(11)3-2-4-8(10)12/h2-4,9H,5-6,12H2,1H3. The molecule has 1 fully saturated rings. The molecule has 2 N–H and O–H groups in total. The lowest BCUT2D eigenvalue weighted by atomic mass is 9.83. The van der Waals surface area contributed by atoms with Gasteiger partial charge in [-0.2, -0.15) is 0 Å². The normalized spacial score (nSPS) is 35.0. The number of ether oxygens (including phenoxy) is 1. The molecule has 68 valence electrons. The number of benzene rings is 1. The van der Waals surface area contributed by atoms with Crippen LogP contribution < -0.4 is 5.73 Å². The van der Waals surface area contributed by atoms with E-state index in [1.54, 1.807) is 0 Å². The Balaban J connectivity index is 2.30. The van der Waals surface area contributed by atoms with Crippen LogP contribution in [0.4, 0.5) is 5.69 Å². The molecular weight excluding hydrogens is 162 g/mol. The van der Waals surface area contributed by atoms with Crippen molar-refractivity contribution in [1.29, 1.82) is 0 Å². The fourth-order valence-electron chi connectivity index (χ4n) is 2.64. The fraction of sp³-hybridized carbons (Fsp3) is 0.455. The number of hydrogen-bond donors (Lipinski definition) is 1. The van der Waals surface area contributed by atoms with Crippen molar-refractivity contribution in [2.24, 2.45) is 0 Å². The molecule has 2 aliphatic heterocycles. The Kier molecular flexibility index (Phi) is 1.18. The predicted molar refractivity (Wildman–Crippen MR) is 51.3 cm³/mol. The van der Waals surface area contributed by atoms with Gasteiger partial charge in [0.1, 0.15) is 0 Å². The second kappa shape index (κ2) is 2.07. The van der Waals surface area contributed by atoms with E-state index in [9.17, 15) is 0 Å². The van der Waals surface area contributed by atoms with E-state index >= 15 is 0 Å². The molecule has 1 aromatic carbocycles. The Morgan fingerprint density at radius 1 is 1.54 bits per heavy atom. The number of nitrogen functional groups attached to an aromatic ring is 1. The summed E-state index contributed by atoms with van der Waals surface area (Å²) in [5, 5.41) is 0. The molecule has 2 heterocycles. The van der Waals surface area contributed by atoms with Gasteiger partial charge in [-0.25, -0.2) is 0 Å². The Bertz CT molecular complexity index is 374. The third-order valence-corrected chi connectivity index (χ3v) is 3.32. The molecule has 2 heteroatoms. The quantitative estimate of drug-likeness (QED) is 0.614.